The first kappa shape index (κ1) is 16.1. The number of nitrogens with zero attached hydrogens (tertiary/aromatic N) is 2. The van der Waals surface area contributed by atoms with Crippen LogP contribution >= 0.6 is 0 Å². The molecular formula is C12H23N3O3S. The van der Waals surface area contributed by atoms with Crippen molar-refractivity contribution in [1.29, 1.82) is 0 Å². The van der Waals surface area contributed by atoms with Crippen LogP contribution in [0.25, 0.3) is 0 Å². The zero-order chi connectivity index (χ0) is 14.5. The molecule has 2 atom stereocenters. The van der Waals surface area contributed by atoms with Crippen molar-refractivity contribution >= 4 is 9.84 Å². The van der Waals surface area contributed by atoms with Gasteiger partial charge in [0.05, 0.1) is 0 Å². The Morgan fingerprint density at radius 3 is 2.63 bits per heavy atom. The zero-order valence-corrected chi connectivity index (χ0v) is 12.8. The fourth-order valence-electron chi connectivity index (χ4n) is 1.56. The second-order valence-corrected chi connectivity index (χ2v) is 7.28. The monoisotopic (exact) mass is 289 g/mol. The van der Waals surface area contributed by atoms with E-state index in [0.717, 1.165) is 19.4 Å². The molecule has 0 aliphatic carbocycles. The van der Waals surface area contributed by atoms with Crippen molar-refractivity contribution in [1.82, 2.24) is 15.5 Å². The lowest BCUT2D eigenvalue weighted by molar-refractivity contribution is 0.362. The molecule has 1 N–H and O–H groups in total. The molecule has 0 radical (unpaired) electrons. The van der Waals surface area contributed by atoms with E-state index in [0.29, 0.717) is 18.4 Å². The van der Waals surface area contributed by atoms with Crippen LogP contribution in [-0.2, 0) is 16.3 Å². The fourth-order valence-corrected chi connectivity index (χ4v) is 2.04. The van der Waals surface area contributed by atoms with Crippen molar-refractivity contribution in [3.05, 3.63) is 11.7 Å². The Balaban J connectivity index is 2.52. The van der Waals surface area contributed by atoms with Gasteiger partial charge in [0.15, 0.2) is 15.7 Å². The van der Waals surface area contributed by atoms with Gasteiger partial charge in [0.25, 0.3) is 0 Å². The number of hydrogen-bond donors (Lipinski definition) is 1. The van der Waals surface area contributed by atoms with E-state index in [1.165, 1.54) is 6.26 Å². The summed E-state index contributed by atoms with van der Waals surface area (Å²) in [5.74, 6) is 0.738. The van der Waals surface area contributed by atoms with Gasteiger partial charge in [0, 0.05) is 18.7 Å². The summed E-state index contributed by atoms with van der Waals surface area (Å²) < 4.78 is 27.9. The van der Waals surface area contributed by atoms with Crippen molar-refractivity contribution in [3.8, 4) is 0 Å². The van der Waals surface area contributed by atoms with Gasteiger partial charge in [-0.05, 0) is 33.2 Å². The number of hydrogen-bond acceptors (Lipinski definition) is 6. The zero-order valence-electron chi connectivity index (χ0n) is 12.0. The third-order valence-corrected chi connectivity index (χ3v) is 4.52. The molecule has 1 aromatic heterocycles. The van der Waals surface area contributed by atoms with Crippen LogP contribution < -0.4 is 5.32 Å². The maximum absolute atomic E-state index is 11.4. The first-order chi connectivity index (χ1) is 8.84. The predicted molar refractivity (Wildman–Crippen MR) is 73.6 cm³/mol. The summed E-state index contributed by atoms with van der Waals surface area (Å²) >= 11 is 0. The van der Waals surface area contributed by atoms with Crippen LogP contribution in [0.5, 0.6) is 0 Å². The number of aromatic nitrogens is 2. The van der Waals surface area contributed by atoms with Crippen LogP contribution in [0, 0.1) is 0 Å². The molecule has 0 saturated heterocycles. The normalized spacial score (nSPS) is 15.4. The average molecular weight is 289 g/mol. The van der Waals surface area contributed by atoms with Crippen LogP contribution in [-0.4, -0.2) is 37.4 Å². The van der Waals surface area contributed by atoms with E-state index in [1.54, 1.807) is 6.92 Å². The lowest BCUT2D eigenvalue weighted by Gasteiger charge is -2.10. The SMILES string of the molecule is CCCNC(C)CCc1nc(C(C)S(C)(=O)=O)no1. The van der Waals surface area contributed by atoms with Crippen molar-refractivity contribution in [2.24, 2.45) is 0 Å². The van der Waals surface area contributed by atoms with Gasteiger partial charge in [-0.1, -0.05) is 12.1 Å². The Morgan fingerprint density at radius 2 is 2.05 bits per heavy atom. The van der Waals surface area contributed by atoms with E-state index in [9.17, 15) is 8.42 Å². The number of aryl methyl sites for hydroxylation is 1. The number of sulfone groups is 1. The highest BCUT2D eigenvalue weighted by atomic mass is 32.2. The van der Waals surface area contributed by atoms with E-state index in [1.807, 2.05) is 0 Å². The molecule has 1 rings (SSSR count). The van der Waals surface area contributed by atoms with Crippen LogP contribution in [0.15, 0.2) is 4.52 Å². The quantitative estimate of drug-likeness (QED) is 0.780. The molecule has 0 saturated carbocycles. The van der Waals surface area contributed by atoms with E-state index in [2.05, 4.69) is 29.3 Å². The van der Waals surface area contributed by atoms with Crippen LogP contribution in [0.4, 0.5) is 0 Å². The molecule has 0 fully saturated rings. The molecule has 0 aliphatic rings. The second kappa shape index (κ2) is 7.00. The summed E-state index contributed by atoms with van der Waals surface area (Å²) in [6, 6.07) is 0.377. The smallest absolute Gasteiger partial charge is 0.226 e. The van der Waals surface area contributed by atoms with E-state index >= 15 is 0 Å². The Hall–Kier alpha value is -0.950. The summed E-state index contributed by atoms with van der Waals surface area (Å²) in [4.78, 5) is 4.14. The lowest BCUT2D eigenvalue weighted by atomic mass is 10.2. The molecule has 0 aromatic carbocycles. The highest BCUT2D eigenvalue weighted by Gasteiger charge is 2.23. The molecule has 1 aromatic rings. The van der Waals surface area contributed by atoms with Gasteiger partial charge >= 0.3 is 0 Å². The Labute approximate surface area is 114 Å². The third-order valence-electron chi connectivity index (χ3n) is 3.02. The molecular weight excluding hydrogens is 266 g/mol. The minimum atomic E-state index is -3.18. The van der Waals surface area contributed by atoms with Crippen molar-refractivity contribution in [2.75, 3.05) is 12.8 Å². The van der Waals surface area contributed by atoms with Crippen LogP contribution in [0.1, 0.15) is 50.6 Å². The molecule has 0 aliphatic heterocycles. The molecule has 0 amide bonds. The third kappa shape index (κ3) is 5.28. The Morgan fingerprint density at radius 1 is 1.37 bits per heavy atom. The van der Waals surface area contributed by atoms with Crippen LogP contribution in [0.3, 0.4) is 0 Å². The molecule has 0 spiro atoms. The Kier molecular flexibility index (Phi) is 5.93. The number of rotatable bonds is 8. The molecule has 110 valence electrons. The largest absolute Gasteiger partial charge is 0.339 e. The van der Waals surface area contributed by atoms with Gasteiger partial charge in [-0.15, -0.1) is 0 Å². The summed E-state index contributed by atoms with van der Waals surface area (Å²) in [5.41, 5.74) is 0. The molecule has 2 unspecified atom stereocenters. The topological polar surface area (TPSA) is 85.1 Å². The maximum Gasteiger partial charge on any atom is 0.226 e. The van der Waals surface area contributed by atoms with Crippen molar-refractivity contribution < 1.29 is 12.9 Å². The van der Waals surface area contributed by atoms with Gasteiger partial charge in [0.2, 0.25) is 5.89 Å². The highest BCUT2D eigenvalue weighted by Crippen LogP contribution is 2.18. The van der Waals surface area contributed by atoms with E-state index in [-0.39, 0.29) is 5.82 Å². The van der Waals surface area contributed by atoms with Gasteiger partial charge in [-0.3, -0.25) is 0 Å². The van der Waals surface area contributed by atoms with Crippen molar-refractivity contribution in [2.45, 2.75) is 51.3 Å². The summed E-state index contributed by atoms with van der Waals surface area (Å²) in [5, 5.41) is 6.39. The predicted octanol–water partition coefficient (Wildman–Crippen LogP) is 1.50. The minimum Gasteiger partial charge on any atom is -0.339 e. The van der Waals surface area contributed by atoms with E-state index in [4.69, 9.17) is 4.52 Å². The molecule has 7 heteroatoms. The van der Waals surface area contributed by atoms with Crippen molar-refractivity contribution in [3.63, 3.8) is 0 Å². The fraction of sp³-hybridized carbons (Fsp3) is 0.833. The van der Waals surface area contributed by atoms with Gasteiger partial charge in [0.1, 0.15) is 5.25 Å². The van der Waals surface area contributed by atoms with Gasteiger partial charge in [-0.2, -0.15) is 4.98 Å². The van der Waals surface area contributed by atoms with Gasteiger partial charge < -0.3 is 9.84 Å². The second-order valence-electron chi connectivity index (χ2n) is 4.91. The molecule has 6 nitrogen and oxygen atoms in total. The minimum absolute atomic E-state index is 0.242. The first-order valence-corrected chi connectivity index (χ1v) is 8.54. The average Bonchev–Trinajstić information content (AvgIpc) is 2.80. The lowest BCUT2D eigenvalue weighted by Crippen LogP contribution is -2.27. The molecule has 0 bridgehead atoms. The van der Waals surface area contributed by atoms with Gasteiger partial charge in [-0.25, -0.2) is 8.42 Å². The van der Waals surface area contributed by atoms with Crippen LogP contribution in [0.2, 0.25) is 0 Å². The summed E-state index contributed by atoms with van der Waals surface area (Å²) in [7, 11) is -3.18. The molecule has 1 heterocycles. The summed E-state index contributed by atoms with van der Waals surface area (Å²) in [6.45, 7) is 6.78. The Bertz CT molecular complexity index is 484. The number of nitrogens with one attached hydrogen (secondary N) is 1. The maximum atomic E-state index is 11.4. The standard InChI is InChI=1S/C12H23N3O3S/c1-5-8-13-9(2)6-7-11-14-12(15-18-11)10(3)19(4,16)17/h9-10,13H,5-8H2,1-4H3. The molecule has 19 heavy (non-hydrogen) atoms. The summed E-state index contributed by atoms with van der Waals surface area (Å²) in [6.07, 6.45) is 3.81. The highest BCUT2D eigenvalue weighted by molar-refractivity contribution is 7.90. The first-order valence-electron chi connectivity index (χ1n) is 6.59. The van der Waals surface area contributed by atoms with E-state index < -0.39 is 15.1 Å².